The molecule has 2 aromatic carbocycles. The summed E-state index contributed by atoms with van der Waals surface area (Å²) in [5.74, 6) is -0.181. The van der Waals surface area contributed by atoms with Gasteiger partial charge in [-0.3, -0.25) is 14.8 Å². The van der Waals surface area contributed by atoms with Crippen molar-refractivity contribution in [2.75, 3.05) is 69.2 Å². The third-order valence-electron chi connectivity index (χ3n) is 15.0. The SMILES string of the molecule is COCCOC12CC3(C)CC(C)(CC(Cn4ncc(-c5ccc(N6CCc7cc(N(C)CCN(C)C(=O)OC(C)(C)C)cc(C(=O)Nc8nc9ccccc9s8)c7C6)nc5C(=O)OC(C)(C)C)c4C)(C3)C1)C2. The number of methoxy groups -OCH3 is 1. The molecule has 3 aromatic heterocycles. The fourth-order valence-electron chi connectivity index (χ4n) is 13.2. The van der Waals surface area contributed by atoms with Crippen LogP contribution in [-0.4, -0.2) is 113 Å². The van der Waals surface area contributed by atoms with Crippen molar-refractivity contribution >= 4 is 56.2 Å². The van der Waals surface area contributed by atoms with Crippen LogP contribution in [0.5, 0.6) is 0 Å². The third kappa shape index (κ3) is 10.9. The number of nitrogens with zero attached hydrogens (tertiary/aromatic N) is 7. The maximum Gasteiger partial charge on any atom is 0.410 e. The Kier molecular flexibility index (Phi) is 13.6. The predicted molar refractivity (Wildman–Crippen MR) is 283 cm³/mol. The van der Waals surface area contributed by atoms with Gasteiger partial charge in [-0.15, -0.1) is 0 Å². The molecular weight excluding hydrogens is 929 g/mol. The second kappa shape index (κ2) is 19.0. The zero-order valence-corrected chi connectivity index (χ0v) is 45.3. The first-order valence-corrected chi connectivity index (χ1v) is 26.3. The van der Waals surface area contributed by atoms with Crippen molar-refractivity contribution in [3.8, 4) is 11.1 Å². The average Bonchev–Trinajstić information content (AvgIpc) is 3.86. The normalized spacial score (nSPS) is 23.5. The van der Waals surface area contributed by atoms with Crippen LogP contribution in [0.15, 0.2) is 54.7 Å². The number of para-hydroxylation sites is 1. The number of hydrogen-bond donors (Lipinski definition) is 1. The summed E-state index contributed by atoms with van der Waals surface area (Å²) >= 11 is 1.43. The number of carbonyl (C=O) groups is 3. The molecule has 2 amide bonds. The first-order valence-electron chi connectivity index (χ1n) is 25.5. The van der Waals surface area contributed by atoms with E-state index in [1.54, 1.807) is 19.1 Å². The van der Waals surface area contributed by atoms with Gasteiger partial charge in [0.15, 0.2) is 10.8 Å². The van der Waals surface area contributed by atoms with Crippen molar-refractivity contribution in [2.45, 2.75) is 137 Å². The zero-order chi connectivity index (χ0) is 51.6. The van der Waals surface area contributed by atoms with Crippen LogP contribution >= 0.6 is 11.3 Å². The van der Waals surface area contributed by atoms with E-state index in [2.05, 4.69) is 46.6 Å². The molecule has 386 valence electrons. The number of anilines is 3. The lowest BCUT2D eigenvalue weighted by Crippen LogP contribution is -2.64. The van der Waals surface area contributed by atoms with Crippen LogP contribution in [0.4, 0.5) is 21.4 Å². The van der Waals surface area contributed by atoms with Gasteiger partial charge in [0.1, 0.15) is 17.0 Å². The molecule has 2 atom stereocenters. The smallest absolute Gasteiger partial charge is 0.410 e. The first kappa shape index (κ1) is 51.3. The summed E-state index contributed by atoms with van der Waals surface area (Å²) in [5, 5.41) is 8.67. The van der Waals surface area contributed by atoms with Gasteiger partial charge in [-0.05, 0) is 157 Å². The van der Waals surface area contributed by atoms with Gasteiger partial charge in [0.2, 0.25) is 0 Å². The Bertz CT molecular complexity index is 2830. The molecule has 4 bridgehead atoms. The Morgan fingerprint density at radius 1 is 0.847 bits per heavy atom. The second-order valence-electron chi connectivity index (χ2n) is 24.1. The molecule has 1 N–H and O–H groups in total. The molecule has 0 spiro atoms. The summed E-state index contributed by atoms with van der Waals surface area (Å²) in [7, 11) is 5.42. The highest BCUT2D eigenvalue weighted by Gasteiger charge is 2.66. The second-order valence-corrected chi connectivity index (χ2v) is 25.2. The van der Waals surface area contributed by atoms with E-state index >= 15 is 0 Å². The molecule has 10 rings (SSSR count). The third-order valence-corrected chi connectivity index (χ3v) is 16.0. The van der Waals surface area contributed by atoms with E-state index in [9.17, 15) is 14.4 Å². The molecule has 4 fully saturated rings. The van der Waals surface area contributed by atoms with E-state index in [4.69, 9.17) is 34.0 Å². The molecule has 5 aromatic rings. The predicted octanol–water partition coefficient (Wildman–Crippen LogP) is 10.7. The van der Waals surface area contributed by atoms with E-state index in [0.717, 1.165) is 76.9 Å². The molecule has 72 heavy (non-hydrogen) atoms. The average molecular weight is 1000 g/mol. The number of rotatable bonds is 15. The summed E-state index contributed by atoms with van der Waals surface area (Å²) in [6.07, 6.45) is 8.75. The van der Waals surface area contributed by atoms with Crippen LogP contribution < -0.4 is 15.1 Å². The number of pyridine rings is 1. The lowest BCUT2D eigenvalue weighted by molar-refractivity contribution is -0.250. The summed E-state index contributed by atoms with van der Waals surface area (Å²) in [4.78, 5) is 57.3. The maximum atomic E-state index is 14.5. The van der Waals surface area contributed by atoms with Crippen LogP contribution in [0.2, 0.25) is 0 Å². The van der Waals surface area contributed by atoms with E-state index in [1.807, 2.05) is 97.3 Å². The van der Waals surface area contributed by atoms with Crippen molar-refractivity contribution in [1.82, 2.24) is 24.6 Å². The van der Waals surface area contributed by atoms with Crippen LogP contribution in [0.25, 0.3) is 21.3 Å². The van der Waals surface area contributed by atoms with Gasteiger partial charge in [0.05, 0.1) is 35.2 Å². The maximum absolute atomic E-state index is 14.5. The van der Waals surface area contributed by atoms with Gasteiger partial charge in [0, 0.05) is 82.0 Å². The molecule has 0 radical (unpaired) electrons. The molecule has 4 saturated carbocycles. The van der Waals surface area contributed by atoms with E-state index in [0.29, 0.717) is 67.9 Å². The Morgan fingerprint density at radius 3 is 2.26 bits per heavy atom. The molecule has 0 saturated heterocycles. The van der Waals surface area contributed by atoms with Crippen molar-refractivity contribution in [1.29, 1.82) is 0 Å². The Balaban J connectivity index is 1.01. The van der Waals surface area contributed by atoms with Crippen molar-refractivity contribution in [2.24, 2.45) is 16.2 Å². The zero-order valence-electron chi connectivity index (χ0n) is 44.5. The number of amides is 2. The quantitative estimate of drug-likeness (QED) is 0.0784. The standard InChI is InChI=1S/C56H74N8O7S/c1-36-41(27-57-64(36)35-55-30-53(8)29-54(9,31-55)33-56(32-53,34-55)69-24-23-68-12)39-17-18-45(59-46(39)48(66)70-51(2,3)4)63-20-19-37-25-38(61(10)21-22-62(11)50(67)71-52(5,6)7)26-40(42(37)28-63)47(65)60-49-58-43-15-13-14-16-44(43)72-49/h13-18,25-27H,19-24,28-35H2,1-12H3,(H,58,60,65). The number of hydrogen-bond acceptors (Lipinski definition) is 13. The fourth-order valence-corrected chi connectivity index (χ4v) is 14.1. The van der Waals surface area contributed by atoms with Crippen LogP contribution in [0, 0.1) is 23.2 Å². The number of aromatic nitrogens is 4. The summed E-state index contributed by atoms with van der Waals surface area (Å²) in [5.41, 5.74) is 5.66. The number of esters is 1. The molecule has 4 heterocycles. The minimum Gasteiger partial charge on any atom is -0.455 e. The number of nitrogens with one attached hydrogen (secondary N) is 1. The highest BCUT2D eigenvalue weighted by atomic mass is 32.1. The number of benzene rings is 2. The van der Waals surface area contributed by atoms with Gasteiger partial charge < -0.3 is 33.6 Å². The highest BCUT2D eigenvalue weighted by molar-refractivity contribution is 7.22. The number of fused-ring (bicyclic) bond motifs is 2. The van der Waals surface area contributed by atoms with E-state index in [1.165, 1.54) is 17.8 Å². The van der Waals surface area contributed by atoms with Crippen molar-refractivity contribution in [3.05, 3.63) is 82.8 Å². The number of thiazole rings is 1. The highest BCUT2D eigenvalue weighted by Crippen LogP contribution is 2.72. The van der Waals surface area contributed by atoms with Gasteiger partial charge in [-0.25, -0.2) is 19.6 Å². The molecule has 5 aliphatic rings. The largest absolute Gasteiger partial charge is 0.455 e. The Hall–Kier alpha value is -5.58. The van der Waals surface area contributed by atoms with E-state index < -0.39 is 23.3 Å². The van der Waals surface area contributed by atoms with Crippen LogP contribution in [0.3, 0.4) is 0 Å². The summed E-state index contributed by atoms with van der Waals surface area (Å²) in [6.45, 7) is 22.0. The van der Waals surface area contributed by atoms with Gasteiger partial charge >= 0.3 is 12.1 Å². The molecule has 16 heteroatoms. The van der Waals surface area contributed by atoms with Crippen molar-refractivity contribution in [3.63, 3.8) is 0 Å². The number of ether oxygens (including phenoxy) is 4. The van der Waals surface area contributed by atoms with Gasteiger partial charge in [-0.2, -0.15) is 5.10 Å². The Morgan fingerprint density at radius 2 is 1.57 bits per heavy atom. The lowest BCUT2D eigenvalue weighted by Gasteiger charge is -2.69. The van der Waals surface area contributed by atoms with Gasteiger partial charge in [-0.1, -0.05) is 37.3 Å². The lowest BCUT2D eigenvalue weighted by atomic mass is 9.39. The molecule has 2 unspecified atom stereocenters. The minimum absolute atomic E-state index is 0.0266. The molecule has 1 aliphatic heterocycles. The number of likely N-dealkylation sites (N-methyl/N-ethyl adjacent to an activating group) is 2. The topological polar surface area (TPSA) is 153 Å². The summed E-state index contributed by atoms with van der Waals surface area (Å²) in [6, 6.07) is 15.8. The van der Waals surface area contributed by atoms with E-state index in [-0.39, 0.29) is 33.4 Å². The molecular formula is C56H74N8O7S. The molecule has 4 aliphatic carbocycles. The number of carbonyl (C=O) groups excluding carboxylic acids is 3. The molecule has 15 nitrogen and oxygen atoms in total. The summed E-state index contributed by atoms with van der Waals surface area (Å²) < 4.78 is 27.0. The minimum atomic E-state index is -0.761. The van der Waals surface area contributed by atoms with Gasteiger partial charge in [0.25, 0.3) is 5.91 Å². The first-order chi connectivity index (χ1) is 33.9. The van der Waals surface area contributed by atoms with Crippen LogP contribution in [0.1, 0.15) is 132 Å². The monoisotopic (exact) mass is 1000 g/mol. The van der Waals surface area contributed by atoms with Crippen LogP contribution in [-0.2, 0) is 38.5 Å². The Labute approximate surface area is 428 Å². The fraction of sp³-hybridized carbons (Fsp3) is 0.571. The van der Waals surface area contributed by atoms with Crippen molar-refractivity contribution < 1.29 is 33.3 Å².